The molecule has 7 heteroatoms. The number of esters is 1. The van der Waals surface area contributed by atoms with Gasteiger partial charge in [-0.1, -0.05) is 25.1 Å². The first-order chi connectivity index (χ1) is 15.1. The van der Waals surface area contributed by atoms with Gasteiger partial charge in [0.1, 0.15) is 0 Å². The molecule has 0 aliphatic rings. The van der Waals surface area contributed by atoms with Gasteiger partial charge in [0.25, 0.3) is 5.91 Å². The number of nitrogens with one attached hydrogen (secondary N) is 2. The van der Waals surface area contributed by atoms with Crippen LogP contribution < -0.4 is 10.6 Å². The Morgan fingerprint density at radius 1 is 0.968 bits per heavy atom. The molecule has 0 aliphatic heterocycles. The van der Waals surface area contributed by atoms with Crippen LogP contribution in [0.4, 0.5) is 5.69 Å². The van der Waals surface area contributed by atoms with Crippen LogP contribution in [0.25, 0.3) is 0 Å². The Balaban J connectivity index is 1.77. The fourth-order valence-corrected chi connectivity index (χ4v) is 2.78. The summed E-state index contributed by atoms with van der Waals surface area (Å²) in [4.78, 5) is 33.1. The summed E-state index contributed by atoms with van der Waals surface area (Å²) in [5.41, 5.74) is 3.56. The second-order valence-electron chi connectivity index (χ2n) is 6.68. The molecule has 3 rings (SSSR count). The van der Waals surface area contributed by atoms with Gasteiger partial charge in [-0.15, -0.1) is 0 Å². The molecule has 1 amide bonds. The lowest BCUT2D eigenvalue weighted by Crippen LogP contribution is -2.36. The molecule has 31 heavy (non-hydrogen) atoms. The van der Waals surface area contributed by atoms with Gasteiger partial charge in [0.05, 0.1) is 24.9 Å². The molecular formula is C24H24N4O3. The van der Waals surface area contributed by atoms with E-state index in [0.717, 1.165) is 17.8 Å². The van der Waals surface area contributed by atoms with E-state index < -0.39 is 5.97 Å². The maximum atomic E-state index is 12.7. The number of hydrogen-bond donors (Lipinski definition) is 2. The van der Waals surface area contributed by atoms with Gasteiger partial charge in [0.2, 0.25) is 5.96 Å². The highest BCUT2D eigenvalue weighted by Crippen LogP contribution is 2.11. The smallest absolute Gasteiger partial charge is 0.337 e. The van der Waals surface area contributed by atoms with E-state index >= 15 is 0 Å². The first kappa shape index (κ1) is 21.7. The number of hydrogen-bond acceptors (Lipinski definition) is 5. The summed E-state index contributed by atoms with van der Waals surface area (Å²) in [6.45, 7) is 2.39. The van der Waals surface area contributed by atoms with Crippen molar-refractivity contribution >= 4 is 23.5 Å². The third kappa shape index (κ3) is 6.24. The number of carbonyl (C=O) groups excluding carboxylic acids is 2. The van der Waals surface area contributed by atoms with Crippen LogP contribution in [0.3, 0.4) is 0 Å². The molecular weight excluding hydrogens is 392 g/mol. The normalized spacial score (nSPS) is 11.0. The number of benzene rings is 2. The number of nitrogens with zero attached hydrogens (tertiary/aromatic N) is 2. The third-order valence-electron chi connectivity index (χ3n) is 4.55. The van der Waals surface area contributed by atoms with E-state index in [9.17, 15) is 9.59 Å². The summed E-state index contributed by atoms with van der Waals surface area (Å²) in [5.74, 6) is -0.507. The minimum absolute atomic E-state index is 0.303. The number of anilines is 1. The maximum absolute atomic E-state index is 12.7. The van der Waals surface area contributed by atoms with Crippen molar-refractivity contribution < 1.29 is 14.3 Å². The lowest BCUT2D eigenvalue weighted by atomic mass is 10.1. The van der Waals surface area contributed by atoms with Crippen molar-refractivity contribution in [2.24, 2.45) is 4.99 Å². The number of amides is 1. The SMILES string of the molecule is CCc1ccc(NC(=NCc2ccccn2)NC(=O)c2ccc(C(=O)OC)cc2)cc1. The molecule has 1 heterocycles. The summed E-state index contributed by atoms with van der Waals surface area (Å²) >= 11 is 0. The van der Waals surface area contributed by atoms with Crippen molar-refractivity contribution in [2.45, 2.75) is 19.9 Å². The van der Waals surface area contributed by atoms with Gasteiger partial charge in [-0.2, -0.15) is 0 Å². The van der Waals surface area contributed by atoms with Crippen molar-refractivity contribution in [2.75, 3.05) is 12.4 Å². The monoisotopic (exact) mass is 416 g/mol. The molecule has 0 radical (unpaired) electrons. The molecule has 0 fully saturated rings. The Kier molecular flexibility index (Phi) is 7.48. The van der Waals surface area contributed by atoms with E-state index in [0.29, 0.717) is 23.6 Å². The zero-order valence-corrected chi connectivity index (χ0v) is 17.5. The third-order valence-corrected chi connectivity index (χ3v) is 4.55. The van der Waals surface area contributed by atoms with Crippen LogP contribution >= 0.6 is 0 Å². The maximum Gasteiger partial charge on any atom is 0.337 e. The average Bonchev–Trinajstić information content (AvgIpc) is 2.83. The Morgan fingerprint density at radius 2 is 1.68 bits per heavy atom. The van der Waals surface area contributed by atoms with Gasteiger partial charge in [-0.05, 0) is 60.5 Å². The van der Waals surface area contributed by atoms with E-state index in [-0.39, 0.29) is 5.91 Å². The van der Waals surface area contributed by atoms with E-state index in [4.69, 9.17) is 0 Å². The number of ether oxygens (including phenoxy) is 1. The topological polar surface area (TPSA) is 92.7 Å². The highest BCUT2D eigenvalue weighted by Gasteiger charge is 2.12. The molecule has 2 N–H and O–H groups in total. The van der Waals surface area contributed by atoms with Crippen molar-refractivity contribution in [1.29, 1.82) is 0 Å². The number of guanidine groups is 1. The zero-order chi connectivity index (χ0) is 22.1. The van der Waals surface area contributed by atoms with Crippen LogP contribution in [0.2, 0.25) is 0 Å². The molecule has 7 nitrogen and oxygen atoms in total. The predicted molar refractivity (Wildman–Crippen MR) is 120 cm³/mol. The average molecular weight is 416 g/mol. The fraction of sp³-hybridized carbons (Fsp3) is 0.167. The number of rotatable bonds is 6. The zero-order valence-electron chi connectivity index (χ0n) is 17.5. The van der Waals surface area contributed by atoms with E-state index in [1.54, 1.807) is 30.5 Å². The summed E-state index contributed by atoms with van der Waals surface area (Å²) in [5, 5.41) is 5.96. The van der Waals surface area contributed by atoms with Crippen molar-refractivity contribution in [3.8, 4) is 0 Å². The highest BCUT2D eigenvalue weighted by atomic mass is 16.5. The Bertz CT molecular complexity index is 1050. The quantitative estimate of drug-likeness (QED) is 0.362. The highest BCUT2D eigenvalue weighted by molar-refractivity contribution is 6.10. The van der Waals surface area contributed by atoms with Crippen molar-refractivity contribution in [1.82, 2.24) is 10.3 Å². The summed E-state index contributed by atoms with van der Waals surface area (Å²) < 4.78 is 4.68. The molecule has 0 atom stereocenters. The minimum Gasteiger partial charge on any atom is -0.465 e. The molecule has 0 saturated heterocycles. The molecule has 158 valence electrons. The Morgan fingerprint density at radius 3 is 2.29 bits per heavy atom. The van der Waals surface area contributed by atoms with Gasteiger partial charge >= 0.3 is 5.97 Å². The van der Waals surface area contributed by atoms with Crippen LogP contribution in [-0.2, 0) is 17.7 Å². The van der Waals surface area contributed by atoms with Crippen LogP contribution in [0.1, 0.15) is 38.9 Å². The lowest BCUT2D eigenvalue weighted by molar-refractivity contribution is 0.0600. The predicted octanol–water partition coefficient (Wildman–Crippen LogP) is 3.83. The number of aryl methyl sites for hydroxylation is 1. The summed E-state index contributed by atoms with van der Waals surface area (Å²) in [7, 11) is 1.31. The van der Waals surface area contributed by atoms with Crippen LogP contribution in [0, 0.1) is 0 Å². The number of methoxy groups -OCH3 is 1. The largest absolute Gasteiger partial charge is 0.465 e. The molecule has 0 aliphatic carbocycles. The molecule has 0 bridgehead atoms. The number of aromatic nitrogens is 1. The standard InChI is InChI=1S/C24H24N4O3/c1-3-17-7-13-20(14-8-17)27-24(26-16-21-6-4-5-15-25-21)28-22(29)18-9-11-19(12-10-18)23(30)31-2/h4-15H,3,16H2,1-2H3,(H2,26,27,28,29). The second kappa shape index (κ2) is 10.7. The number of aliphatic imine (C=N–C) groups is 1. The first-order valence-corrected chi connectivity index (χ1v) is 9.89. The molecule has 0 unspecified atom stereocenters. The summed E-state index contributed by atoms with van der Waals surface area (Å²) in [6.07, 6.45) is 2.64. The Labute approximate surface area is 181 Å². The Hall–Kier alpha value is -4.00. The van der Waals surface area contributed by atoms with Gasteiger partial charge in [-0.25, -0.2) is 9.79 Å². The van der Waals surface area contributed by atoms with Crippen LogP contribution in [0.5, 0.6) is 0 Å². The second-order valence-corrected chi connectivity index (χ2v) is 6.68. The van der Waals surface area contributed by atoms with E-state index in [1.807, 2.05) is 42.5 Å². The van der Waals surface area contributed by atoms with Gasteiger partial charge in [0, 0.05) is 17.4 Å². The minimum atomic E-state index is -0.457. The molecule has 0 spiro atoms. The fourth-order valence-electron chi connectivity index (χ4n) is 2.78. The van der Waals surface area contributed by atoms with Gasteiger partial charge < -0.3 is 10.1 Å². The molecule has 3 aromatic rings. The lowest BCUT2D eigenvalue weighted by Gasteiger charge is -2.12. The van der Waals surface area contributed by atoms with Crippen LogP contribution in [0.15, 0.2) is 77.9 Å². The molecule has 2 aromatic carbocycles. The first-order valence-electron chi connectivity index (χ1n) is 9.89. The number of pyridine rings is 1. The van der Waals surface area contributed by atoms with Gasteiger partial charge in [-0.3, -0.25) is 15.1 Å². The molecule has 1 aromatic heterocycles. The van der Waals surface area contributed by atoms with E-state index in [1.165, 1.54) is 12.7 Å². The van der Waals surface area contributed by atoms with Crippen molar-refractivity contribution in [3.63, 3.8) is 0 Å². The summed E-state index contributed by atoms with van der Waals surface area (Å²) in [6, 6.07) is 19.7. The molecule has 0 saturated carbocycles. The number of carbonyl (C=O) groups is 2. The van der Waals surface area contributed by atoms with Crippen molar-refractivity contribution in [3.05, 3.63) is 95.3 Å². The van der Waals surface area contributed by atoms with Gasteiger partial charge in [0.15, 0.2) is 0 Å². The van der Waals surface area contributed by atoms with E-state index in [2.05, 4.69) is 32.3 Å². The van der Waals surface area contributed by atoms with Crippen LogP contribution in [-0.4, -0.2) is 29.9 Å².